The molecule has 0 radical (unpaired) electrons. The monoisotopic (exact) mass is 453 g/mol. The van der Waals surface area contributed by atoms with Gasteiger partial charge >= 0.3 is 11.9 Å². The largest absolute Gasteiger partial charge is 0.463 e. The molecule has 1 unspecified atom stereocenters. The Labute approximate surface area is 186 Å². The average molecular weight is 454 g/mol. The Balaban J connectivity index is 1.88. The lowest BCUT2D eigenvalue weighted by Gasteiger charge is -2.28. The van der Waals surface area contributed by atoms with E-state index in [1.54, 1.807) is 56.3 Å². The van der Waals surface area contributed by atoms with Crippen LogP contribution in [-0.2, 0) is 34.7 Å². The van der Waals surface area contributed by atoms with Crippen LogP contribution < -0.4 is 5.32 Å². The molecule has 2 aromatic rings. The molecule has 2 heterocycles. The lowest BCUT2D eigenvalue weighted by Crippen LogP contribution is -2.31. The molecule has 2 aromatic carbocycles. The first kappa shape index (κ1) is 21.8. The summed E-state index contributed by atoms with van der Waals surface area (Å²) >= 11 is 0. The van der Waals surface area contributed by atoms with Crippen molar-refractivity contribution in [3.8, 4) is 0 Å². The first-order valence-corrected chi connectivity index (χ1v) is 11.9. The number of esters is 2. The zero-order valence-electron chi connectivity index (χ0n) is 17.8. The van der Waals surface area contributed by atoms with Crippen molar-refractivity contribution in [3.63, 3.8) is 0 Å². The molecule has 0 fully saturated rings. The average Bonchev–Trinajstić information content (AvgIpc) is 3.13. The van der Waals surface area contributed by atoms with Gasteiger partial charge in [0, 0.05) is 5.70 Å². The smallest absolute Gasteiger partial charge is 0.337 e. The second kappa shape index (κ2) is 8.63. The summed E-state index contributed by atoms with van der Waals surface area (Å²) in [4.78, 5) is 25.6. The number of hydrogen-bond acceptors (Lipinski definition) is 7. The number of ether oxygens (including phenoxy) is 2. The first-order valence-electron chi connectivity index (χ1n) is 10.2. The van der Waals surface area contributed by atoms with E-state index in [1.165, 1.54) is 6.07 Å². The molecular weight excluding hydrogens is 430 g/mol. The Morgan fingerprint density at radius 2 is 1.81 bits per heavy atom. The number of rotatable bonds is 6. The summed E-state index contributed by atoms with van der Waals surface area (Å²) in [6, 6.07) is 15.3. The molecule has 0 aromatic heterocycles. The van der Waals surface area contributed by atoms with E-state index in [0.29, 0.717) is 22.5 Å². The van der Waals surface area contributed by atoms with Crippen molar-refractivity contribution in [1.29, 1.82) is 0 Å². The van der Waals surface area contributed by atoms with Gasteiger partial charge in [0.05, 0.1) is 40.0 Å². The molecule has 1 N–H and O–H groups in total. The predicted molar refractivity (Wildman–Crippen MR) is 117 cm³/mol. The maximum Gasteiger partial charge on any atom is 0.337 e. The zero-order valence-corrected chi connectivity index (χ0v) is 18.6. The maximum atomic E-state index is 13.4. The van der Waals surface area contributed by atoms with Crippen LogP contribution in [0.1, 0.15) is 30.9 Å². The van der Waals surface area contributed by atoms with Gasteiger partial charge in [-0.3, -0.25) is 0 Å². The van der Waals surface area contributed by atoms with Gasteiger partial charge in [-0.1, -0.05) is 48.5 Å². The van der Waals surface area contributed by atoms with E-state index in [0.717, 1.165) is 0 Å². The summed E-state index contributed by atoms with van der Waals surface area (Å²) < 4.78 is 37.3. The molecule has 4 rings (SSSR count). The quantitative estimate of drug-likeness (QED) is 0.672. The van der Waals surface area contributed by atoms with Crippen LogP contribution in [0.4, 0.5) is 0 Å². The molecule has 0 saturated carbocycles. The van der Waals surface area contributed by atoms with Crippen LogP contribution in [0.2, 0.25) is 0 Å². The number of cyclic esters (lactones) is 1. The third-order valence-corrected chi connectivity index (χ3v) is 7.23. The third kappa shape index (κ3) is 3.93. The zero-order chi connectivity index (χ0) is 22.9. The second-order valence-corrected chi connectivity index (χ2v) is 9.53. The van der Waals surface area contributed by atoms with Crippen molar-refractivity contribution in [3.05, 3.63) is 88.3 Å². The van der Waals surface area contributed by atoms with Gasteiger partial charge in [-0.05, 0) is 31.0 Å². The highest BCUT2D eigenvalue weighted by Crippen LogP contribution is 2.43. The lowest BCUT2D eigenvalue weighted by molar-refractivity contribution is -0.138. The predicted octanol–water partition coefficient (Wildman–Crippen LogP) is 3.00. The minimum atomic E-state index is -3.79. The molecule has 1 atom stereocenters. The molecule has 0 spiro atoms. The van der Waals surface area contributed by atoms with Crippen molar-refractivity contribution in [2.75, 3.05) is 13.2 Å². The number of dihydropyridines is 1. The van der Waals surface area contributed by atoms with Gasteiger partial charge in [-0.2, -0.15) is 0 Å². The number of nitrogens with one attached hydrogen (secondary N) is 1. The topological polar surface area (TPSA) is 98.8 Å². The van der Waals surface area contributed by atoms with Gasteiger partial charge in [-0.15, -0.1) is 0 Å². The van der Waals surface area contributed by atoms with Crippen molar-refractivity contribution >= 4 is 21.8 Å². The Morgan fingerprint density at radius 3 is 2.53 bits per heavy atom. The molecule has 32 heavy (non-hydrogen) atoms. The van der Waals surface area contributed by atoms with Crippen molar-refractivity contribution < 1.29 is 27.5 Å². The molecule has 7 nitrogen and oxygen atoms in total. The van der Waals surface area contributed by atoms with Gasteiger partial charge < -0.3 is 14.8 Å². The number of allylic oxidation sites excluding steroid dienone is 1. The van der Waals surface area contributed by atoms with Gasteiger partial charge in [-0.25, -0.2) is 18.0 Å². The molecular formula is C24H23NO6S. The van der Waals surface area contributed by atoms with Crippen molar-refractivity contribution in [1.82, 2.24) is 5.32 Å². The van der Waals surface area contributed by atoms with E-state index in [1.807, 2.05) is 6.07 Å². The summed E-state index contributed by atoms with van der Waals surface area (Å²) in [7, 11) is -3.79. The van der Waals surface area contributed by atoms with Crippen LogP contribution in [0.25, 0.3) is 0 Å². The molecule has 166 valence electrons. The van der Waals surface area contributed by atoms with E-state index in [9.17, 15) is 18.0 Å². The van der Waals surface area contributed by atoms with E-state index in [-0.39, 0.29) is 35.0 Å². The van der Waals surface area contributed by atoms with Crippen LogP contribution in [0.15, 0.2) is 82.0 Å². The lowest BCUT2D eigenvalue weighted by atomic mass is 9.81. The second-order valence-electron chi connectivity index (χ2n) is 7.57. The fraction of sp³-hybridized carbons (Fsp3) is 0.250. The molecule has 2 aliphatic rings. The first-order chi connectivity index (χ1) is 15.3. The summed E-state index contributed by atoms with van der Waals surface area (Å²) in [5.41, 5.74) is 2.46. The molecule has 0 bridgehead atoms. The summed E-state index contributed by atoms with van der Waals surface area (Å²) in [5.74, 6) is -2.31. The summed E-state index contributed by atoms with van der Waals surface area (Å²) in [6.07, 6.45) is 0. The number of benzene rings is 2. The Morgan fingerprint density at radius 1 is 1.12 bits per heavy atom. The highest BCUT2D eigenvalue weighted by Gasteiger charge is 2.43. The summed E-state index contributed by atoms with van der Waals surface area (Å²) in [5, 5.41) is 3.06. The third-order valence-electron chi connectivity index (χ3n) is 5.47. The standard InChI is InChI=1S/C24H23NO6S/c1-3-30-23(26)20-15(2)25-18-13-31-24(27)22(18)21(20)17-11-7-8-12-19(17)32(28,29)14-16-9-5-4-6-10-16/h4-12,21,25H,3,13-14H2,1-2H3. The number of carbonyl (C=O) groups is 2. The highest BCUT2D eigenvalue weighted by molar-refractivity contribution is 7.90. The highest BCUT2D eigenvalue weighted by atomic mass is 32.2. The minimum Gasteiger partial charge on any atom is -0.463 e. The van der Waals surface area contributed by atoms with Crippen LogP contribution in [0.5, 0.6) is 0 Å². The Kier molecular flexibility index (Phi) is 5.88. The fourth-order valence-corrected chi connectivity index (χ4v) is 5.75. The molecule has 8 heteroatoms. The molecule has 0 saturated heterocycles. The Hall–Kier alpha value is -3.39. The molecule has 0 aliphatic carbocycles. The number of sulfone groups is 1. The van der Waals surface area contributed by atoms with E-state index >= 15 is 0 Å². The van der Waals surface area contributed by atoms with Crippen molar-refractivity contribution in [2.24, 2.45) is 0 Å². The van der Waals surface area contributed by atoms with E-state index in [2.05, 4.69) is 5.32 Å². The van der Waals surface area contributed by atoms with Gasteiger partial charge in [0.1, 0.15) is 6.61 Å². The molecule has 0 amide bonds. The van der Waals surface area contributed by atoms with Crippen LogP contribution in [0, 0.1) is 0 Å². The minimum absolute atomic E-state index is 0.0387. The van der Waals surface area contributed by atoms with Crippen LogP contribution in [-0.4, -0.2) is 33.6 Å². The van der Waals surface area contributed by atoms with E-state index < -0.39 is 27.7 Å². The van der Waals surface area contributed by atoms with E-state index in [4.69, 9.17) is 9.47 Å². The maximum absolute atomic E-state index is 13.4. The van der Waals surface area contributed by atoms with Crippen LogP contribution >= 0.6 is 0 Å². The Bertz CT molecular complexity index is 1240. The van der Waals surface area contributed by atoms with Gasteiger partial charge in [0.2, 0.25) is 0 Å². The normalized spacial score (nSPS) is 18.2. The van der Waals surface area contributed by atoms with Crippen molar-refractivity contribution in [2.45, 2.75) is 30.4 Å². The SMILES string of the molecule is CCOC(=O)C1=C(C)NC2=C(C(=O)OC2)C1c1ccccc1S(=O)(=O)Cc1ccccc1. The number of carbonyl (C=O) groups excluding carboxylic acids is 2. The number of hydrogen-bond donors (Lipinski definition) is 1. The van der Waals surface area contributed by atoms with Gasteiger partial charge in [0.15, 0.2) is 9.84 Å². The van der Waals surface area contributed by atoms with Crippen LogP contribution in [0.3, 0.4) is 0 Å². The summed E-state index contributed by atoms with van der Waals surface area (Å²) in [6.45, 7) is 3.57. The fourth-order valence-electron chi connectivity index (χ4n) is 4.13. The molecule has 2 aliphatic heterocycles. The van der Waals surface area contributed by atoms with Gasteiger partial charge in [0.25, 0.3) is 0 Å².